The van der Waals surface area contributed by atoms with Crippen molar-refractivity contribution in [1.82, 2.24) is 4.98 Å². The van der Waals surface area contributed by atoms with Gasteiger partial charge in [0.05, 0.1) is 0 Å². The Morgan fingerprint density at radius 2 is 2.33 bits per heavy atom. The van der Waals surface area contributed by atoms with Crippen LogP contribution in [0.15, 0.2) is 12.3 Å². The number of aryl methyl sites for hydroxylation is 1. The van der Waals surface area contributed by atoms with Crippen LogP contribution in [0.1, 0.15) is 12.5 Å². The molecule has 5 heteroatoms. The third kappa shape index (κ3) is 3.51. The molecule has 3 N–H and O–H groups in total. The lowest BCUT2D eigenvalue weighted by Gasteiger charge is -2.11. The zero-order valence-electron chi connectivity index (χ0n) is 9.28. The minimum atomic E-state index is -0.815. The second-order valence-electron chi connectivity index (χ2n) is 3.62. The van der Waals surface area contributed by atoms with E-state index in [2.05, 4.69) is 10.3 Å². The number of nitrogen functional groups attached to an aromatic ring is 1. The van der Waals surface area contributed by atoms with E-state index in [1.54, 1.807) is 18.5 Å². The maximum atomic E-state index is 11.1. The highest BCUT2D eigenvalue weighted by Crippen LogP contribution is 2.13. The van der Waals surface area contributed by atoms with Crippen LogP contribution in [0.2, 0.25) is 0 Å². The van der Waals surface area contributed by atoms with E-state index in [0.717, 1.165) is 17.1 Å². The van der Waals surface area contributed by atoms with Gasteiger partial charge in [-0.1, -0.05) is 0 Å². The summed E-state index contributed by atoms with van der Waals surface area (Å²) in [6, 6.07) is 1.79. The monoisotopic (exact) mass is 227 g/mol. The smallest absolute Gasteiger partial charge is 0.127 e. The van der Waals surface area contributed by atoms with Crippen LogP contribution in [0.4, 0.5) is 11.5 Å². The topological polar surface area (TPSA) is 68.0 Å². The first kappa shape index (κ1) is 12.0. The Morgan fingerprint density at radius 1 is 1.67 bits per heavy atom. The predicted molar refractivity (Wildman–Crippen MR) is 65.4 cm³/mol. The highest BCUT2D eigenvalue weighted by atomic mass is 32.2. The van der Waals surface area contributed by atoms with Crippen LogP contribution in [0, 0.1) is 6.92 Å². The lowest BCUT2D eigenvalue weighted by atomic mass is 10.2. The maximum absolute atomic E-state index is 11.1. The zero-order valence-corrected chi connectivity index (χ0v) is 10.1. The maximum Gasteiger partial charge on any atom is 0.127 e. The van der Waals surface area contributed by atoms with Crippen LogP contribution < -0.4 is 11.1 Å². The molecule has 4 nitrogen and oxygen atoms in total. The van der Waals surface area contributed by atoms with Gasteiger partial charge >= 0.3 is 0 Å². The van der Waals surface area contributed by atoms with E-state index in [4.69, 9.17) is 5.73 Å². The first-order chi connectivity index (χ1) is 7.00. The molecule has 2 atom stereocenters. The summed E-state index contributed by atoms with van der Waals surface area (Å²) in [5.41, 5.74) is 7.43. The molecule has 0 spiro atoms. The Morgan fingerprint density at radius 3 is 2.87 bits per heavy atom. The van der Waals surface area contributed by atoms with Crippen LogP contribution >= 0.6 is 0 Å². The molecule has 1 rings (SSSR count). The van der Waals surface area contributed by atoms with E-state index in [1.165, 1.54) is 0 Å². The molecule has 0 aliphatic carbocycles. The van der Waals surface area contributed by atoms with Crippen molar-refractivity contribution in [2.24, 2.45) is 0 Å². The van der Waals surface area contributed by atoms with Crippen molar-refractivity contribution in [3.63, 3.8) is 0 Å². The van der Waals surface area contributed by atoms with E-state index < -0.39 is 10.8 Å². The summed E-state index contributed by atoms with van der Waals surface area (Å²) in [5.74, 6) is 0.732. The highest BCUT2D eigenvalue weighted by Gasteiger charge is 2.06. The van der Waals surface area contributed by atoms with Gasteiger partial charge in [0.1, 0.15) is 5.82 Å². The van der Waals surface area contributed by atoms with Crippen molar-refractivity contribution >= 4 is 22.3 Å². The minimum Gasteiger partial charge on any atom is -0.398 e. The summed E-state index contributed by atoms with van der Waals surface area (Å²) in [6.07, 6.45) is 3.43. The normalized spacial score (nSPS) is 14.6. The molecule has 0 fully saturated rings. The fourth-order valence-electron chi connectivity index (χ4n) is 1.00. The molecule has 84 valence electrons. The van der Waals surface area contributed by atoms with Crippen LogP contribution in [-0.2, 0) is 10.8 Å². The number of aromatic nitrogens is 1. The predicted octanol–water partition coefficient (Wildman–Crippen LogP) is 1.15. The first-order valence-corrected chi connectivity index (χ1v) is 6.41. The summed E-state index contributed by atoms with van der Waals surface area (Å²) in [5, 5.41) is 3.22. The largest absolute Gasteiger partial charge is 0.398 e. The number of nitrogens with two attached hydrogens (primary N) is 1. The molecule has 0 amide bonds. The van der Waals surface area contributed by atoms with Gasteiger partial charge in [-0.05, 0) is 19.4 Å². The van der Waals surface area contributed by atoms with Crippen molar-refractivity contribution in [3.8, 4) is 0 Å². The van der Waals surface area contributed by atoms with E-state index in [-0.39, 0.29) is 5.25 Å². The van der Waals surface area contributed by atoms with Gasteiger partial charge < -0.3 is 11.1 Å². The van der Waals surface area contributed by atoms with Gasteiger partial charge in [-0.3, -0.25) is 4.21 Å². The van der Waals surface area contributed by atoms with Crippen molar-refractivity contribution < 1.29 is 4.21 Å². The van der Waals surface area contributed by atoms with Gasteiger partial charge in [-0.2, -0.15) is 0 Å². The summed E-state index contributed by atoms with van der Waals surface area (Å²) in [4.78, 5) is 4.18. The van der Waals surface area contributed by atoms with Gasteiger partial charge in [-0.25, -0.2) is 4.98 Å². The molecule has 0 aromatic carbocycles. The minimum absolute atomic E-state index is 0.106. The number of rotatable bonds is 4. The molecular weight excluding hydrogens is 210 g/mol. The fourth-order valence-corrected chi connectivity index (χ4v) is 1.32. The average Bonchev–Trinajstić information content (AvgIpc) is 2.19. The zero-order chi connectivity index (χ0) is 11.4. The Bertz CT molecular complexity index is 368. The van der Waals surface area contributed by atoms with E-state index in [9.17, 15) is 4.21 Å². The molecule has 0 aliphatic rings. The summed E-state index contributed by atoms with van der Waals surface area (Å²) < 4.78 is 11.1. The summed E-state index contributed by atoms with van der Waals surface area (Å²) in [7, 11) is -0.815. The molecule has 0 bridgehead atoms. The first-order valence-electron chi connectivity index (χ1n) is 4.79. The van der Waals surface area contributed by atoms with E-state index in [0.29, 0.717) is 6.54 Å². The molecule has 15 heavy (non-hydrogen) atoms. The molecule has 2 unspecified atom stereocenters. The van der Waals surface area contributed by atoms with Crippen LogP contribution in [0.3, 0.4) is 0 Å². The van der Waals surface area contributed by atoms with Crippen molar-refractivity contribution in [3.05, 3.63) is 17.8 Å². The molecule has 0 aliphatic heterocycles. The van der Waals surface area contributed by atoms with Crippen LogP contribution in [-0.4, -0.2) is 27.2 Å². The number of hydrogen-bond donors (Lipinski definition) is 2. The number of nitrogens with one attached hydrogen (secondary N) is 1. The number of nitrogens with zero attached hydrogens (tertiary/aromatic N) is 1. The number of pyridine rings is 1. The number of anilines is 2. The van der Waals surface area contributed by atoms with Crippen LogP contribution in [0.25, 0.3) is 0 Å². The Kier molecular flexibility index (Phi) is 4.08. The van der Waals surface area contributed by atoms with Crippen molar-refractivity contribution in [2.75, 3.05) is 23.9 Å². The molecule has 0 saturated carbocycles. The fraction of sp³-hybridized carbons (Fsp3) is 0.500. The second kappa shape index (κ2) is 5.11. The summed E-state index contributed by atoms with van der Waals surface area (Å²) in [6.45, 7) is 4.48. The average molecular weight is 227 g/mol. The van der Waals surface area contributed by atoms with Gasteiger partial charge in [-0.15, -0.1) is 0 Å². The van der Waals surface area contributed by atoms with Gasteiger partial charge in [0.2, 0.25) is 0 Å². The molecular formula is C10H17N3OS. The Labute approximate surface area is 92.7 Å². The Hall–Kier alpha value is -1.10. The van der Waals surface area contributed by atoms with Crippen molar-refractivity contribution in [1.29, 1.82) is 0 Å². The molecule has 0 radical (unpaired) electrons. The third-order valence-electron chi connectivity index (χ3n) is 2.28. The van der Waals surface area contributed by atoms with Gasteiger partial charge in [0.15, 0.2) is 0 Å². The standard InChI is InChI=1S/C10H17N3OS/c1-7-5-12-10(4-9(7)11)13-6-8(2)15(3)14/h4-5,8H,6H2,1-3H3,(H3,11,12,13). The Balaban J connectivity index is 2.58. The lowest BCUT2D eigenvalue weighted by Crippen LogP contribution is -2.21. The number of hydrogen-bond acceptors (Lipinski definition) is 4. The molecule has 1 heterocycles. The van der Waals surface area contributed by atoms with Crippen LogP contribution in [0.5, 0.6) is 0 Å². The molecule has 1 aromatic rings. The third-order valence-corrected chi connectivity index (χ3v) is 3.58. The lowest BCUT2D eigenvalue weighted by molar-refractivity contribution is 0.679. The van der Waals surface area contributed by atoms with Crippen molar-refractivity contribution in [2.45, 2.75) is 19.1 Å². The quantitative estimate of drug-likeness (QED) is 0.809. The second-order valence-corrected chi connectivity index (χ2v) is 5.42. The van der Waals surface area contributed by atoms with Gasteiger partial charge in [0, 0.05) is 46.8 Å². The molecule has 0 saturated heterocycles. The van der Waals surface area contributed by atoms with E-state index >= 15 is 0 Å². The SMILES string of the molecule is Cc1cnc(NCC(C)S(C)=O)cc1N. The molecule has 1 aromatic heterocycles. The van der Waals surface area contributed by atoms with E-state index in [1.807, 2.05) is 13.8 Å². The van der Waals surface area contributed by atoms with Gasteiger partial charge in [0.25, 0.3) is 0 Å². The summed E-state index contributed by atoms with van der Waals surface area (Å²) >= 11 is 0. The highest BCUT2D eigenvalue weighted by molar-refractivity contribution is 7.84.